The van der Waals surface area contributed by atoms with Crippen molar-refractivity contribution in [3.05, 3.63) is 15.3 Å². The maximum Gasteiger partial charge on any atom is 0.255 e. The third-order valence-electron chi connectivity index (χ3n) is 1.69. The summed E-state index contributed by atoms with van der Waals surface area (Å²) in [5, 5.41) is 4.47. The number of ether oxygens (including phenoxy) is 1. The number of halogens is 1. The minimum atomic E-state index is -0.133. The lowest BCUT2D eigenvalue weighted by atomic mass is 10.3. The van der Waals surface area contributed by atoms with E-state index in [0.29, 0.717) is 22.2 Å². The number of methoxy groups -OCH3 is 1. The fourth-order valence-corrected chi connectivity index (χ4v) is 2.05. The molecule has 0 radical (unpaired) electrons. The zero-order valence-electron chi connectivity index (χ0n) is 8.09. The van der Waals surface area contributed by atoms with Crippen LogP contribution in [0.2, 0.25) is 4.34 Å². The Balaban J connectivity index is 2.79. The second kappa shape index (κ2) is 5.22. The fourth-order valence-electron chi connectivity index (χ4n) is 1.00. The molecule has 1 heterocycles. The molecule has 14 heavy (non-hydrogen) atoms. The minimum absolute atomic E-state index is 0.133. The predicted molar refractivity (Wildman–Crippen MR) is 58.5 cm³/mol. The molecule has 0 saturated carbocycles. The highest BCUT2D eigenvalue weighted by molar-refractivity contribution is 7.15. The van der Waals surface area contributed by atoms with Gasteiger partial charge in [0.25, 0.3) is 5.91 Å². The van der Waals surface area contributed by atoms with Crippen LogP contribution in [0.5, 0.6) is 5.75 Å². The van der Waals surface area contributed by atoms with Gasteiger partial charge in [0, 0.05) is 11.9 Å². The number of carbonyl (C=O) groups excluding carboxylic acids is 1. The van der Waals surface area contributed by atoms with Gasteiger partial charge in [-0.2, -0.15) is 0 Å². The summed E-state index contributed by atoms with van der Waals surface area (Å²) in [6.07, 6.45) is 0.909. The molecule has 1 rings (SSSR count). The van der Waals surface area contributed by atoms with E-state index in [1.165, 1.54) is 18.4 Å². The summed E-state index contributed by atoms with van der Waals surface area (Å²) in [5.74, 6) is 0.331. The normalized spacial score (nSPS) is 9.93. The molecule has 0 bridgehead atoms. The summed E-state index contributed by atoms with van der Waals surface area (Å²) in [6.45, 7) is 2.66. The highest BCUT2D eigenvalue weighted by atomic mass is 35.5. The minimum Gasteiger partial charge on any atom is -0.493 e. The van der Waals surface area contributed by atoms with Gasteiger partial charge in [-0.3, -0.25) is 4.79 Å². The third-order valence-corrected chi connectivity index (χ3v) is 2.87. The van der Waals surface area contributed by atoms with Crippen LogP contribution in [0.25, 0.3) is 0 Å². The van der Waals surface area contributed by atoms with Crippen LogP contribution in [0.1, 0.15) is 23.7 Å². The Bertz CT molecular complexity index is 325. The highest BCUT2D eigenvalue weighted by Gasteiger charge is 2.16. The van der Waals surface area contributed by atoms with Crippen LogP contribution >= 0.6 is 22.9 Å². The topological polar surface area (TPSA) is 38.3 Å². The van der Waals surface area contributed by atoms with Crippen molar-refractivity contribution in [2.45, 2.75) is 13.3 Å². The van der Waals surface area contributed by atoms with E-state index in [-0.39, 0.29) is 5.91 Å². The van der Waals surface area contributed by atoms with Crippen molar-refractivity contribution in [3.63, 3.8) is 0 Å². The Kier molecular flexibility index (Phi) is 4.22. The Morgan fingerprint density at radius 1 is 1.71 bits per heavy atom. The van der Waals surface area contributed by atoms with Crippen LogP contribution in [0.4, 0.5) is 0 Å². The lowest BCUT2D eigenvalue weighted by molar-refractivity contribution is 0.0951. The molecule has 5 heteroatoms. The summed E-state index contributed by atoms with van der Waals surface area (Å²) >= 11 is 7.13. The largest absolute Gasteiger partial charge is 0.493 e. The molecule has 78 valence electrons. The van der Waals surface area contributed by atoms with Gasteiger partial charge in [-0.05, 0) is 6.42 Å². The van der Waals surface area contributed by atoms with Crippen LogP contribution in [-0.2, 0) is 0 Å². The number of nitrogens with one attached hydrogen (secondary N) is 1. The average molecular weight is 234 g/mol. The highest BCUT2D eigenvalue weighted by Crippen LogP contribution is 2.34. The van der Waals surface area contributed by atoms with E-state index >= 15 is 0 Å². The lowest BCUT2D eigenvalue weighted by Crippen LogP contribution is -2.23. The smallest absolute Gasteiger partial charge is 0.255 e. The Hall–Kier alpha value is -0.740. The van der Waals surface area contributed by atoms with Crippen LogP contribution in [-0.4, -0.2) is 19.6 Å². The van der Waals surface area contributed by atoms with Crippen LogP contribution in [0.15, 0.2) is 5.38 Å². The molecule has 0 aliphatic heterocycles. The van der Waals surface area contributed by atoms with Crippen molar-refractivity contribution in [1.29, 1.82) is 0 Å². The third kappa shape index (κ3) is 2.39. The second-order valence-electron chi connectivity index (χ2n) is 2.71. The quantitative estimate of drug-likeness (QED) is 0.868. The van der Waals surface area contributed by atoms with E-state index < -0.39 is 0 Å². The molecule has 0 aliphatic rings. The zero-order chi connectivity index (χ0) is 10.6. The molecule has 1 aromatic heterocycles. The van der Waals surface area contributed by atoms with E-state index in [0.717, 1.165) is 6.42 Å². The summed E-state index contributed by atoms with van der Waals surface area (Å²) in [7, 11) is 1.50. The van der Waals surface area contributed by atoms with Gasteiger partial charge >= 0.3 is 0 Å². The number of rotatable bonds is 4. The maximum absolute atomic E-state index is 11.6. The molecule has 0 spiro atoms. The van der Waals surface area contributed by atoms with Gasteiger partial charge in [-0.25, -0.2) is 0 Å². The molecule has 0 unspecified atom stereocenters. The lowest BCUT2D eigenvalue weighted by Gasteiger charge is -2.04. The van der Waals surface area contributed by atoms with Crippen LogP contribution in [0.3, 0.4) is 0 Å². The first kappa shape index (κ1) is 11.3. The first-order chi connectivity index (χ1) is 6.70. The van der Waals surface area contributed by atoms with Crippen molar-refractivity contribution < 1.29 is 9.53 Å². The molecule has 1 N–H and O–H groups in total. The molecule has 1 aromatic rings. The molecule has 0 aliphatic carbocycles. The van der Waals surface area contributed by atoms with Crippen molar-refractivity contribution in [3.8, 4) is 5.75 Å². The summed E-state index contributed by atoms with van der Waals surface area (Å²) in [4.78, 5) is 11.6. The Morgan fingerprint density at radius 3 is 3.00 bits per heavy atom. The maximum atomic E-state index is 11.6. The average Bonchev–Trinajstić information content (AvgIpc) is 2.55. The van der Waals surface area contributed by atoms with Gasteiger partial charge in [0.05, 0.1) is 12.7 Å². The van der Waals surface area contributed by atoms with Gasteiger partial charge < -0.3 is 10.1 Å². The Morgan fingerprint density at radius 2 is 2.43 bits per heavy atom. The van der Waals surface area contributed by atoms with E-state index in [1.807, 2.05) is 6.92 Å². The summed E-state index contributed by atoms with van der Waals surface area (Å²) in [5.41, 5.74) is 0.510. The van der Waals surface area contributed by atoms with Gasteiger partial charge in [0.15, 0.2) is 5.75 Å². The number of thiophene rings is 1. The molecule has 1 amide bonds. The van der Waals surface area contributed by atoms with E-state index in [4.69, 9.17) is 16.3 Å². The van der Waals surface area contributed by atoms with Crippen LogP contribution < -0.4 is 10.1 Å². The molecule has 0 saturated heterocycles. The van der Waals surface area contributed by atoms with Crippen molar-refractivity contribution in [2.24, 2.45) is 0 Å². The summed E-state index contributed by atoms with van der Waals surface area (Å²) in [6, 6.07) is 0. The molecule has 0 atom stereocenters. The van der Waals surface area contributed by atoms with Gasteiger partial charge in [0.2, 0.25) is 0 Å². The standard InChI is InChI=1S/C9H12ClNO2S/c1-3-4-11-9(12)6-5-14-8(10)7(6)13-2/h5H,3-4H2,1-2H3,(H,11,12). The monoisotopic (exact) mass is 233 g/mol. The zero-order valence-corrected chi connectivity index (χ0v) is 9.67. The van der Waals surface area contributed by atoms with Gasteiger partial charge in [-0.1, -0.05) is 18.5 Å². The van der Waals surface area contributed by atoms with E-state index in [2.05, 4.69) is 5.32 Å². The predicted octanol–water partition coefficient (Wildman–Crippen LogP) is 2.55. The van der Waals surface area contributed by atoms with E-state index in [9.17, 15) is 4.79 Å². The van der Waals surface area contributed by atoms with E-state index in [1.54, 1.807) is 5.38 Å². The number of hydrogen-bond acceptors (Lipinski definition) is 3. The molecular weight excluding hydrogens is 222 g/mol. The van der Waals surface area contributed by atoms with Crippen molar-refractivity contribution in [1.82, 2.24) is 5.32 Å². The number of hydrogen-bond donors (Lipinski definition) is 1. The molecule has 0 fully saturated rings. The molecule has 0 aromatic carbocycles. The van der Waals surface area contributed by atoms with Crippen molar-refractivity contribution >= 4 is 28.8 Å². The number of carbonyl (C=O) groups is 1. The first-order valence-electron chi connectivity index (χ1n) is 4.29. The first-order valence-corrected chi connectivity index (χ1v) is 5.55. The van der Waals surface area contributed by atoms with Crippen molar-refractivity contribution in [2.75, 3.05) is 13.7 Å². The van der Waals surface area contributed by atoms with Crippen LogP contribution in [0, 0.1) is 0 Å². The van der Waals surface area contributed by atoms with Gasteiger partial charge in [-0.15, -0.1) is 11.3 Å². The van der Waals surface area contributed by atoms with Gasteiger partial charge in [0.1, 0.15) is 4.34 Å². The SMILES string of the molecule is CCCNC(=O)c1csc(Cl)c1OC. The Labute approximate surface area is 92.0 Å². The second-order valence-corrected chi connectivity index (χ2v) is 4.19. The number of amides is 1. The molecular formula is C9H12ClNO2S. The fraction of sp³-hybridized carbons (Fsp3) is 0.444. The summed E-state index contributed by atoms with van der Waals surface area (Å²) < 4.78 is 5.54. The molecule has 3 nitrogen and oxygen atoms in total.